The van der Waals surface area contributed by atoms with Gasteiger partial charge in [-0.25, -0.2) is 0 Å². The van der Waals surface area contributed by atoms with Crippen molar-refractivity contribution in [1.82, 2.24) is 0 Å². The van der Waals surface area contributed by atoms with Crippen molar-refractivity contribution in [3.8, 4) is 11.5 Å². The van der Waals surface area contributed by atoms with Gasteiger partial charge in [-0.05, 0) is 58.5 Å². The minimum Gasteiger partial charge on any atom is -0.497 e. The normalized spacial score (nSPS) is 11.8. The Balaban J connectivity index is 2.15. The molecule has 0 N–H and O–H groups in total. The molecule has 32 heavy (non-hydrogen) atoms. The van der Waals surface area contributed by atoms with Crippen LogP contribution >= 0.6 is 0 Å². The van der Waals surface area contributed by atoms with E-state index in [1.807, 2.05) is 49.4 Å². The zero-order valence-electron chi connectivity index (χ0n) is 19.0. The first-order chi connectivity index (χ1) is 15.6. The molecular formula is C29H30O3. The van der Waals surface area contributed by atoms with Gasteiger partial charge < -0.3 is 9.47 Å². The molecule has 3 nitrogen and oxygen atoms in total. The van der Waals surface area contributed by atoms with Crippen LogP contribution in [-0.4, -0.2) is 20.0 Å². The number of Topliss-reactive ketones (excluding diaryl/α,β-unsaturated/α-hetero) is 1. The summed E-state index contributed by atoms with van der Waals surface area (Å²) in [6.07, 6.45) is 5.99. The summed E-state index contributed by atoms with van der Waals surface area (Å²) in [4.78, 5) is 12.2. The lowest BCUT2D eigenvalue weighted by Gasteiger charge is -2.15. The predicted molar refractivity (Wildman–Crippen MR) is 133 cm³/mol. The highest BCUT2D eigenvalue weighted by atomic mass is 16.5. The van der Waals surface area contributed by atoms with Crippen LogP contribution in [0.5, 0.6) is 11.5 Å². The standard InChI is InChI=1S/C29H30O3/c1-4-25(30)15-21-29(24-13-18-27(32-3)19-14-24)28(20-10-22-8-6-5-7-9-22)23-11-16-26(31-2)17-12-23/h5-14,16-20H,4,15,21H2,1-3H3/b20-10+,29-28-. The van der Waals surface area contributed by atoms with E-state index in [-0.39, 0.29) is 5.78 Å². The van der Waals surface area contributed by atoms with Gasteiger partial charge in [-0.15, -0.1) is 0 Å². The first-order valence-corrected chi connectivity index (χ1v) is 10.9. The molecule has 0 bridgehead atoms. The highest BCUT2D eigenvalue weighted by molar-refractivity contribution is 5.98. The monoisotopic (exact) mass is 426 g/mol. The summed E-state index contributed by atoms with van der Waals surface area (Å²) >= 11 is 0. The van der Waals surface area contributed by atoms with Crippen LogP contribution in [0.15, 0.2) is 84.9 Å². The second-order valence-electron chi connectivity index (χ2n) is 7.49. The molecule has 3 heteroatoms. The second-order valence-corrected chi connectivity index (χ2v) is 7.49. The average Bonchev–Trinajstić information content (AvgIpc) is 2.86. The summed E-state index contributed by atoms with van der Waals surface area (Å²) in [5.41, 5.74) is 5.50. The van der Waals surface area contributed by atoms with Crippen molar-refractivity contribution >= 4 is 23.0 Å². The number of allylic oxidation sites excluding steroid dienone is 3. The molecular weight excluding hydrogens is 396 g/mol. The lowest BCUT2D eigenvalue weighted by atomic mass is 9.90. The Morgan fingerprint density at radius 2 is 1.31 bits per heavy atom. The van der Waals surface area contributed by atoms with Gasteiger partial charge in [0.05, 0.1) is 14.2 Å². The predicted octanol–water partition coefficient (Wildman–Crippen LogP) is 7.09. The molecule has 0 atom stereocenters. The zero-order valence-corrected chi connectivity index (χ0v) is 19.0. The van der Waals surface area contributed by atoms with Crippen molar-refractivity contribution in [2.45, 2.75) is 26.2 Å². The maximum atomic E-state index is 12.2. The third-order valence-corrected chi connectivity index (χ3v) is 5.45. The van der Waals surface area contributed by atoms with Crippen LogP contribution in [0, 0.1) is 0 Å². The number of ether oxygens (including phenoxy) is 2. The fraction of sp³-hybridized carbons (Fsp3) is 0.207. The van der Waals surface area contributed by atoms with Gasteiger partial charge >= 0.3 is 0 Å². The molecule has 0 heterocycles. The lowest BCUT2D eigenvalue weighted by molar-refractivity contribution is -0.118. The average molecular weight is 427 g/mol. The van der Waals surface area contributed by atoms with E-state index < -0.39 is 0 Å². The number of methoxy groups -OCH3 is 2. The molecule has 3 aromatic rings. The number of benzene rings is 3. The SMILES string of the molecule is CCC(=O)CC/C(=C(\C=C\c1ccccc1)c1ccc(OC)cc1)c1ccc(OC)cc1. The molecule has 0 saturated heterocycles. The van der Waals surface area contributed by atoms with E-state index in [1.165, 1.54) is 0 Å². The number of ketones is 1. The quantitative estimate of drug-likeness (QED) is 0.256. The fourth-order valence-electron chi connectivity index (χ4n) is 3.55. The summed E-state index contributed by atoms with van der Waals surface area (Å²) in [6, 6.07) is 26.3. The molecule has 3 rings (SSSR count). The number of hydrogen-bond acceptors (Lipinski definition) is 3. The van der Waals surface area contributed by atoms with E-state index in [0.29, 0.717) is 19.3 Å². The van der Waals surface area contributed by atoms with E-state index in [4.69, 9.17) is 9.47 Å². The van der Waals surface area contributed by atoms with Crippen LogP contribution < -0.4 is 9.47 Å². The Kier molecular flexibility index (Phi) is 8.44. The molecule has 0 aromatic heterocycles. The van der Waals surface area contributed by atoms with Gasteiger partial charge in [-0.1, -0.05) is 73.7 Å². The van der Waals surface area contributed by atoms with Crippen molar-refractivity contribution in [2.75, 3.05) is 14.2 Å². The van der Waals surface area contributed by atoms with E-state index in [2.05, 4.69) is 48.6 Å². The molecule has 0 saturated carbocycles. The maximum Gasteiger partial charge on any atom is 0.132 e. The Hall–Kier alpha value is -3.59. The summed E-state index contributed by atoms with van der Waals surface area (Å²) in [5.74, 6) is 1.88. The van der Waals surface area contributed by atoms with Crippen LogP contribution in [0.3, 0.4) is 0 Å². The Morgan fingerprint density at radius 3 is 1.84 bits per heavy atom. The van der Waals surface area contributed by atoms with Crippen LogP contribution in [0.4, 0.5) is 0 Å². The summed E-state index contributed by atoms with van der Waals surface area (Å²) in [5, 5.41) is 0. The van der Waals surface area contributed by atoms with Gasteiger partial charge in [0.2, 0.25) is 0 Å². The number of rotatable bonds is 10. The molecule has 0 spiro atoms. The molecule has 0 aliphatic carbocycles. The number of carbonyl (C=O) groups is 1. The third-order valence-electron chi connectivity index (χ3n) is 5.45. The van der Waals surface area contributed by atoms with Crippen molar-refractivity contribution in [1.29, 1.82) is 0 Å². The molecule has 0 aliphatic heterocycles. The molecule has 0 radical (unpaired) electrons. The van der Waals surface area contributed by atoms with E-state index >= 15 is 0 Å². The summed E-state index contributed by atoms with van der Waals surface area (Å²) in [7, 11) is 3.33. The Morgan fingerprint density at radius 1 is 0.750 bits per heavy atom. The van der Waals surface area contributed by atoms with Gasteiger partial charge in [0, 0.05) is 12.8 Å². The lowest BCUT2D eigenvalue weighted by Crippen LogP contribution is -1.99. The van der Waals surface area contributed by atoms with Crippen molar-refractivity contribution < 1.29 is 14.3 Å². The van der Waals surface area contributed by atoms with Gasteiger partial charge in [0.25, 0.3) is 0 Å². The largest absolute Gasteiger partial charge is 0.497 e. The highest BCUT2D eigenvalue weighted by Crippen LogP contribution is 2.33. The van der Waals surface area contributed by atoms with Crippen LogP contribution in [-0.2, 0) is 4.79 Å². The van der Waals surface area contributed by atoms with Crippen LogP contribution in [0.25, 0.3) is 17.2 Å². The minimum atomic E-state index is 0.261. The van der Waals surface area contributed by atoms with E-state index in [0.717, 1.165) is 39.3 Å². The van der Waals surface area contributed by atoms with Crippen molar-refractivity contribution in [3.05, 3.63) is 102 Å². The Labute approximate surface area is 191 Å². The van der Waals surface area contributed by atoms with Crippen molar-refractivity contribution in [3.63, 3.8) is 0 Å². The molecule has 0 unspecified atom stereocenters. The zero-order chi connectivity index (χ0) is 22.8. The first-order valence-electron chi connectivity index (χ1n) is 10.9. The fourth-order valence-corrected chi connectivity index (χ4v) is 3.55. The molecule has 0 fully saturated rings. The number of hydrogen-bond donors (Lipinski definition) is 0. The third kappa shape index (κ3) is 6.21. The number of carbonyl (C=O) groups excluding carboxylic acids is 1. The second kappa shape index (κ2) is 11.7. The maximum absolute atomic E-state index is 12.2. The van der Waals surface area contributed by atoms with Gasteiger partial charge in [0.15, 0.2) is 0 Å². The van der Waals surface area contributed by atoms with E-state index in [9.17, 15) is 4.79 Å². The van der Waals surface area contributed by atoms with Gasteiger partial charge in [-0.2, -0.15) is 0 Å². The van der Waals surface area contributed by atoms with Gasteiger partial charge in [0.1, 0.15) is 17.3 Å². The van der Waals surface area contributed by atoms with Gasteiger partial charge in [-0.3, -0.25) is 4.79 Å². The van der Waals surface area contributed by atoms with Crippen LogP contribution in [0.2, 0.25) is 0 Å². The van der Waals surface area contributed by atoms with E-state index in [1.54, 1.807) is 14.2 Å². The summed E-state index contributed by atoms with van der Waals surface area (Å²) < 4.78 is 10.7. The Bertz CT molecular complexity index is 1060. The molecule has 3 aromatic carbocycles. The molecule has 0 amide bonds. The van der Waals surface area contributed by atoms with Crippen LogP contribution in [0.1, 0.15) is 42.9 Å². The smallest absolute Gasteiger partial charge is 0.132 e. The molecule has 164 valence electrons. The highest BCUT2D eigenvalue weighted by Gasteiger charge is 2.13. The first kappa shape index (κ1) is 23.1. The topological polar surface area (TPSA) is 35.5 Å². The summed E-state index contributed by atoms with van der Waals surface area (Å²) in [6.45, 7) is 1.92. The minimum absolute atomic E-state index is 0.261. The van der Waals surface area contributed by atoms with Crippen molar-refractivity contribution in [2.24, 2.45) is 0 Å². The molecule has 0 aliphatic rings.